The highest BCUT2D eigenvalue weighted by Gasteiger charge is 2.24. The number of anilines is 1. The van der Waals surface area contributed by atoms with Crippen LogP contribution in [0.4, 0.5) is 5.69 Å². The zero-order valence-corrected chi connectivity index (χ0v) is 18.1. The maximum Gasteiger partial charge on any atom is 0.262 e. The Kier molecular flexibility index (Phi) is 6.13. The first-order chi connectivity index (χ1) is 14.5. The molecule has 0 atom stereocenters. The van der Waals surface area contributed by atoms with Crippen molar-refractivity contribution in [2.24, 2.45) is 5.92 Å². The average molecular weight is 423 g/mol. The molecule has 1 aliphatic heterocycles. The summed E-state index contributed by atoms with van der Waals surface area (Å²) in [4.78, 5) is 26.8. The maximum absolute atomic E-state index is 12.7. The van der Waals surface area contributed by atoms with Crippen LogP contribution in [0.25, 0.3) is 6.08 Å². The minimum atomic E-state index is -0.165. The molecule has 0 spiro atoms. The first kappa shape index (κ1) is 20.5. The normalized spacial score (nSPS) is 22.2. The van der Waals surface area contributed by atoms with Crippen LogP contribution in [0.5, 0.6) is 5.75 Å². The Balaban J connectivity index is 1.46. The molecule has 2 aliphatic rings. The van der Waals surface area contributed by atoms with Gasteiger partial charge in [0.1, 0.15) is 5.75 Å². The predicted octanol–water partition coefficient (Wildman–Crippen LogP) is 5.09. The lowest BCUT2D eigenvalue weighted by atomic mass is 9.87. The lowest BCUT2D eigenvalue weighted by Crippen LogP contribution is -2.37. The Hall–Kier alpha value is -2.73. The highest BCUT2D eigenvalue weighted by molar-refractivity contribution is 8.04. The van der Waals surface area contributed by atoms with Gasteiger partial charge in [-0.25, -0.2) is 0 Å². The van der Waals surface area contributed by atoms with E-state index in [1.807, 2.05) is 42.5 Å². The van der Waals surface area contributed by atoms with Crippen LogP contribution in [-0.2, 0) is 4.79 Å². The number of hydrogen-bond donors (Lipinski definition) is 2. The molecule has 5 nitrogen and oxygen atoms in total. The largest absolute Gasteiger partial charge is 0.497 e. The van der Waals surface area contributed by atoms with Crippen molar-refractivity contribution in [1.29, 1.82) is 0 Å². The Labute approximate surface area is 181 Å². The highest BCUT2D eigenvalue weighted by Crippen LogP contribution is 2.39. The van der Waals surface area contributed by atoms with Crippen LogP contribution in [0.1, 0.15) is 48.5 Å². The second-order valence-electron chi connectivity index (χ2n) is 7.98. The number of fused-ring (bicyclic) bond motifs is 1. The molecule has 1 saturated carbocycles. The Morgan fingerprint density at radius 1 is 1.13 bits per heavy atom. The molecule has 156 valence electrons. The number of methoxy groups -OCH3 is 1. The van der Waals surface area contributed by atoms with E-state index in [1.165, 1.54) is 11.8 Å². The second kappa shape index (κ2) is 8.96. The molecule has 4 rings (SSSR count). The summed E-state index contributed by atoms with van der Waals surface area (Å²) in [5, 5.41) is 6.07. The molecular weight excluding hydrogens is 396 g/mol. The Morgan fingerprint density at radius 2 is 1.87 bits per heavy atom. The van der Waals surface area contributed by atoms with Gasteiger partial charge in [0.05, 0.1) is 17.7 Å². The average Bonchev–Trinajstić information content (AvgIpc) is 2.76. The van der Waals surface area contributed by atoms with E-state index in [-0.39, 0.29) is 17.9 Å². The van der Waals surface area contributed by atoms with Gasteiger partial charge in [-0.1, -0.05) is 30.8 Å². The molecule has 0 radical (unpaired) electrons. The summed E-state index contributed by atoms with van der Waals surface area (Å²) in [5.41, 5.74) is 2.19. The van der Waals surface area contributed by atoms with Gasteiger partial charge in [-0.05, 0) is 73.6 Å². The van der Waals surface area contributed by atoms with E-state index in [1.54, 1.807) is 13.2 Å². The van der Waals surface area contributed by atoms with Gasteiger partial charge in [0.2, 0.25) is 0 Å². The number of carbonyl (C=O) groups excluding carboxylic acids is 2. The Bertz CT molecular complexity index is 976. The van der Waals surface area contributed by atoms with Gasteiger partial charge in [-0.3, -0.25) is 9.59 Å². The molecule has 2 aromatic rings. The van der Waals surface area contributed by atoms with E-state index in [2.05, 4.69) is 17.6 Å². The summed E-state index contributed by atoms with van der Waals surface area (Å²) in [5.74, 6) is 1.28. The standard InChI is InChI=1S/C24H26N2O3S/c1-15-3-8-18(9-4-15)25-23(27)17-7-12-21-20(14-17)26-24(28)22(30-21)13-16-5-10-19(29-2)11-6-16/h5-7,10-15,18H,3-4,8-9H2,1-2H3,(H,25,27)(H,26,28). The molecule has 1 fully saturated rings. The van der Waals surface area contributed by atoms with E-state index in [0.29, 0.717) is 16.2 Å². The lowest BCUT2D eigenvalue weighted by molar-refractivity contribution is -0.112. The number of nitrogens with one attached hydrogen (secondary N) is 2. The molecule has 0 unspecified atom stereocenters. The van der Waals surface area contributed by atoms with Crippen molar-refractivity contribution in [2.75, 3.05) is 12.4 Å². The molecule has 6 heteroatoms. The van der Waals surface area contributed by atoms with Gasteiger partial charge in [-0.15, -0.1) is 0 Å². The van der Waals surface area contributed by atoms with Gasteiger partial charge in [0.15, 0.2) is 0 Å². The van der Waals surface area contributed by atoms with Crippen molar-refractivity contribution in [1.82, 2.24) is 5.32 Å². The molecule has 2 amide bonds. The van der Waals surface area contributed by atoms with E-state index in [9.17, 15) is 9.59 Å². The molecule has 1 aliphatic carbocycles. The van der Waals surface area contributed by atoms with Crippen molar-refractivity contribution < 1.29 is 14.3 Å². The Morgan fingerprint density at radius 3 is 2.57 bits per heavy atom. The topological polar surface area (TPSA) is 67.4 Å². The van der Waals surface area contributed by atoms with Gasteiger partial charge < -0.3 is 15.4 Å². The number of benzene rings is 2. The van der Waals surface area contributed by atoms with Crippen LogP contribution in [0.3, 0.4) is 0 Å². The van der Waals surface area contributed by atoms with E-state index in [4.69, 9.17) is 4.74 Å². The molecule has 0 saturated heterocycles. The van der Waals surface area contributed by atoms with Gasteiger partial charge in [0, 0.05) is 16.5 Å². The van der Waals surface area contributed by atoms with E-state index in [0.717, 1.165) is 47.8 Å². The number of amides is 2. The van der Waals surface area contributed by atoms with Crippen molar-refractivity contribution in [3.8, 4) is 5.75 Å². The summed E-state index contributed by atoms with van der Waals surface area (Å²) >= 11 is 1.41. The second-order valence-corrected chi connectivity index (χ2v) is 9.06. The minimum absolute atomic E-state index is 0.0730. The fourth-order valence-corrected chi connectivity index (χ4v) is 4.76. The molecule has 2 aromatic carbocycles. The molecule has 30 heavy (non-hydrogen) atoms. The van der Waals surface area contributed by atoms with Gasteiger partial charge in [0.25, 0.3) is 11.8 Å². The molecule has 1 heterocycles. The van der Waals surface area contributed by atoms with E-state index < -0.39 is 0 Å². The van der Waals surface area contributed by atoms with Crippen LogP contribution in [0.15, 0.2) is 52.3 Å². The number of carbonyl (C=O) groups is 2. The molecule has 0 bridgehead atoms. The summed E-state index contributed by atoms with van der Waals surface area (Å²) in [6.07, 6.45) is 6.23. The number of ether oxygens (including phenoxy) is 1. The predicted molar refractivity (Wildman–Crippen MR) is 121 cm³/mol. The van der Waals surface area contributed by atoms with Crippen molar-refractivity contribution in [3.05, 3.63) is 58.5 Å². The van der Waals surface area contributed by atoms with E-state index >= 15 is 0 Å². The third-order valence-electron chi connectivity index (χ3n) is 5.70. The quantitative estimate of drug-likeness (QED) is 0.674. The summed E-state index contributed by atoms with van der Waals surface area (Å²) in [6.45, 7) is 2.26. The summed E-state index contributed by atoms with van der Waals surface area (Å²) in [7, 11) is 1.62. The third-order valence-corrected chi connectivity index (χ3v) is 6.80. The number of hydrogen-bond acceptors (Lipinski definition) is 4. The first-order valence-electron chi connectivity index (χ1n) is 10.3. The first-order valence-corrected chi connectivity index (χ1v) is 11.1. The maximum atomic E-state index is 12.7. The SMILES string of the molecule is COc1ccc(C=C2Sc3ccc(C(=O)NC4CCC(C)CC4)cc3NC2=O)cc1. The van der Waals surface area contributed by atoms with Gasteiger partial charge in [-0.2, -0.15) is 0 Å². The third kappa shape index (κ3) is 4.70. The van der Waals surface area contributed by atoms with Crippen LogP contribution < -0.4 is 15.4 Å². The summed E-state index contributed by atoms with van der Waals surface area (Å²) in [6, 6.07) is 13.3. The lowest BCUT2D eigenvalue weighted by Gasteiger charge is -2.27. The fourth-order valence-electron chi connectivity index (χ4n) is 3.83. The highest BCUT2D eigenvalue weighted by atomic mass is 32.2. The monoisotopic (exact) mass is 422 g/mol. The minimum Gasteiger partial charge on any atom is -0.497 e. The van der Waals surface area contributed by atoms with Crippen molar-refractivity contribution in [2.45, 2.75) is 43.5 Å². The smallest absolute Gasteiger partial charge is 0.262 e. The zero-order chi connectivity index (χ0) is 21.1. The number of thioether (sulfide) groups is 1. The summed E-state index contributed by atoms with van der Waals surface area (Å²) < 4.78 is 5.17. The van der Waals surface area contributed by atoms with Crippen LogP contribution in [0.2, 0.25) is 0 Å². The zero-order valence-electron chi connectivity index (χ0n) is 17.2. The van der Waals surface area contributed by atoms with Crippen molar-refractivity contribution in [3.63, 3.8) is 0 Å². The van der Waals surface area contributed by atoms with Crippen molar-refractivity contribution >= 4 is 35.3 Å². The van der Waals surface area contributed by atoms with Crippen LogP contribution >= 0.6 is 11.8 Å². The number of rotatable bonds is 4. The van der Waals surface area contributed by atoms with Crippen LogP contribution in [0, 0.1) is 5.92 Å². The molecular formula is C24H26N2O3S. The van der Waals surface area contributed by atoms with Gasteiger partial charge >= 0.3 is 0 Å². The molecule has 2 N–H and O–H groups in total. The fraction of sp³-hybridized carbons (Fsp3) is 0.333. The van der Waals surface area contributed by atoms with Crippen LogP contribution in [-0.4, -0.2) is 25.0 Å². The molecule has 0 aromatic heterocycles.